The van der Waals surface area contributed by atoms with Gasteiger partial charge in [-0.15, -0.1) is 0 Å². The molecule has 1 unspecified atom stereocenters. The average molecular weight is 494 g/mol. The smallest absolute Gasteiger partial charge is 0.300 e. The van der Waals surface area contributed by atoms with Crippen LogP contribution in [-0.2, 0) is 16.2 Å². The lowest BCUT2D eigenvalue weighted by atomic mass is 9.94. The van der Waals surface area contributed by atoms with Gasteiger partial charge in [-0.3, -0.25) is 14.5 Å². The summed E-state index contributed by atoms with van der Waals surface area (Å²) in [5, 5.41) is 11.3. The monoisotopic (exact) mass is 493 g/mol. The number of ketones is 1. The fourth-order valence-electron chi connectivity index (χ4n) is 4.53. The van der Waals surface area contributed by atoms with Gasteiger partial charge in [0.05, 0.1) is 11.6 Å². The van der Waals surface area contributed by atoms with Crippen molar-refractivity contribution in [1.82, 2.24) is 0 Å². The number of carbonyl (C=O) groups is 2. The average Bonchev–Trinajstić information content (AvgIpc) is 3.18. The molecule has 6 heteroatoms. The Morgan fingerprint density at radius 3 is 2.27 bits per heavy atom. The number of anilines is 1. The Morgan fingerprint density at radius 1 is 0.892 bits per heavy atom. The second-order valence-electron chi connectivity index (χ2n) is 8.81. The molecule has 1 heterocycles. The Kier molecular flexibility index (Phi) is 6.56. The first-order valence-corrected chi connectivity index (χ1v) is 11.8. The van der Waals surface area contributed by atoms with Crippen molar-refractivity contribution in [2.24, 2.45) is 0 Å². The number of halogens is 1. The summed E-state index contributed by atoms with van der Waals surface area (Å²) in [6, 6.07) is 28.3. The molecule has 0 aliphatic carbocycles. The Labute approximate surface area is 214 Å². The maximum Gasteiger partial charge on any atom is 0.300 e. The van der Waals surface area contributed by atoms with Gasteiger partial charge in [-0.1, -0.05) is 66.7 Å². The van der Waals surface area contributed by atoms with E-state index in [1.807, 2.05) is 43.3 Å². The number of hydrogen-bond donors (Lipinski definition) is 1. The number of benzene rings is 4. The molecule has 1 saturated heterocycles. The molecule has 0 bridgehead atoms. The number of hydrogen-bond acceptors (Lipinski definition) is 4. The van der Waals surface area contributed by atoms with Gasteiger partial charge in [0.15, 0.2) is 0 Å². The minimum absolute atomic E-state index is 0.0576. The van der Waals surface area contributed by atoms with Crippen LogP contribution >= 0.6 is 0 Å². The van der Waals surface area contributed by atoms with Gasteiger partial charge < -0.3 is 9.84 Å². The fourth-order valence-corrected chi connectivity index (χ4v) is 4.53. The van der Waals surface area contributed by atoms with Crippen molar-refractivity contribution in [3.8, 4) is 5.75 Å². The van der Waals surface area contributed by atoms with Crippen LogP contribution in [-0.4, -0.2) is 16.8 Å². The SMILES string of the molecule is Cc1cc(/C(O)=C2\C(=O)C(=O)N(c3cccc(F)c3)C2c2ccccc2)ccc1OCc1ccccc1. The summed E-state index contributed by atoms with van der Waals surface area (Å²) in [7, 11) is 0. The number of aliphatic hydroxyl groups is 1. The number of carbonyl (C=O) groups excluding carboxylic acids is 2. The molecule has 0 spiro atoms. The summed E-state index contributed by atoms with van der Waals surface area (Å²) in [6.45, 7) is 2.23. The highest BCUT2D eigenvalue weighted by atomic mass is 19.1. The molecule has 0 saturated carbocycles. The maximum absolute atomic E-state index is 14.1. The highest BCUT2D eigenvalue weighted by molar-refractivity contribution is 6.51. The lowest BCUT2D eigenvalue weighted by molar-refractivity contribution is -0.132. The van der Waals surface area contributed by atoms with E-state index < -0.39 is 23.5 Å². The van der Waals surface area contributed by atoms with E-state index in [1.54, 1.807) is 48.5 Å². The number of aryl methyl sites for hydroxylation is 1. The Bertz CT molecular complexity index is 1500. The van der Waals surface area contributed by atoms with Crippen LogP contribution in [0.1, 0.15) is 28.3 Å². The summed E-state index contributed by atoms with van der Waals surface area (Å²) >= 11 is 0. The molecule has 184 valence electrons. The number of nitrogens with zero attached hydrogens (tertiary/aromatic N) is 1. The van der Waals surface area contributed by atoms with E-state index in [1.165, 1.54) is 23.1 Å². The van der Waals surface area contributed by atoms with Gasteiger partial charge >= 0.3 is 0 Å². The highest BCUT2D eigenvalue weighted by Gasteiger charge is 2.47. The molecule has 5 rings (SSSR count). The minimum Gasteiger partial charge on any atom is -0.507 e. The Balaban J connectivity index is 1.55. The van der Waals surface area contributed by atoms with Crippen molar-refractivity contribution >= 4 is 23.1 Å². The lowest BCUT2D eigenvalue weighted by Gasteiger charge is -2.25. The second kappa shape index (κ2) is 10.1. The van der Waals surface area contributed by atoms with Crippen molar-refractivity contribution in [1.29, 1.82) is 0 Å². The van der Waals surface area contributed by atoms with Crippen LogP contribution in [0.3, 0.4) is 0 Å². The normalized spacial score (nSPS) is 16.7. The van der Waals surface area contributed by atoms with Crippen molar-refractivity contribution in [3.63, 3.8) is 0 Å². The van der Waals surface area contributed by atoms with Gasteiger partial charge in [0, 0.05) is 11.3 Å². The fraction of sp³-hybridized carbons (Fsp3) is 0.0968. The summed E-state index contributed by atoms with van der Waals surface area (Å²) in [4.78, 5) is 27.7. The molecular formula is C31H24FNO4. The zero-order chi connectivity index (χ0) is 25.9. The van der Waals surface area contributed by atoms with Crippen LogP contribution in [0.4, 0.5) is 10.1 Å². The van der Waals surface area contributed by atoms with E-state index in [0.717, 1.165) is 11.1 Å². The van der Waals surface area contributed by atoms with E-state index in [-0.39, 0.29) is 17.0 Å². The van der Waals surface area contributed by atoms with Gasteiger partial charge in [0.1, 0.15) is 23.9 Å². The van der Waals surface area contributed by atoms with E-state index in [4.69, 9.17) is 4.74 Å². The third kappa shape index (κ3) is 4.74. The molecule has 5 nitrogen and oxygen atoms in total. The van der Waals surface area contributed by atoms with Crippen LogP contribution in [0.15, 0.2) is 109 Å². The van der Waals surface area contributed by atoms with Crippen molar-refractivity contribution in [3.05, 3.63) is 137 Å². The number of Topliss-reactive ketones (excluding diaryl/α,β-unsaturated/α-hetero) is 1. The number of rotatable bonds is 6. The Hall–Kier alpha value is -4.71. The van der Waals surface area contributed by atoms with Gasteiger partial charge in [-0.25, -0.2) is 4.39 Å². The first kappa shape index (κ1) is 24.0. The van der Waals surface area contributed by atoms with Gasteiger partial charge in [0.25, 0.3) is 11.7 Å². The van der Waals surface area contributed by atoms with E-state index in [0.29, 0.717) is 23.5 Å². The first-order chi connectivity index (χ1) is 17.9. The molecule has 1 N–H and O–H groups in total. The molecule has 0 radical (unpaired) electrons. The Morgan fingerprint density at radius 2 is 1.59 bits per heavy atom. The second-order valence-corrected chi connectivity index (χ2v) is 8.81. The van der Waals surface area contributed by atoms with E-state index >= 15 is 0 Å². The molecule has 1 amide bonds. The maximum atomic E-state index is 14.1. The molecule has 4 aromatic rings. The van der Waals surface area contributed by atoms with E-state index in [9.17, 15) is 19.1 Å². The van der Waals surface area contributed by atoms with Crippen LogP contribution < -0.4 is 9.64 Å². The molecule has 4 aromatic carbocycles. The minimum atomic E-state index is -0.919. The molecule has 1 atom stereocenters. The molecule has 1 aliphatic rings. The standard InChI is InChI=1S/C31H24FNO4/c1-20-17-23(15-16-26(20)37-19-21-9-4-2-5-10-21)29(34)27-28(22-11-6-3-7-12-22)33(31(36)30(27)35)25-14-8-13-24(32)18-25/h2-18,28,34H,19H2,1H3/b29-27+. The molecular weight excluding hydrogens is 469 g/mol. The van der Waals surface area contributed by atoms with Crippen molar-refractivity contribution in [2.45, 2.75) is 19.6 Å². The van der Waals surface area contributed by atoms with Crippen molar-refractivity contribution < 1.29 is 23.8 Å². The molecule has 37 heavy (non-hydrogen) atoms. The molecule has 1 fully saturated rings. The zero-order valence-electron chi connectivity index (χ0n) is 20.1. The van der Waals surface area contributed by atoms with Crippen LogP contribution in [0.5, 0.6) is 5.75 Å². The zero-order valence-corrected chi connectivity index (χ0v) is 20.1. The van der Waals surface area contributed by atoms with Gasteiger partial charge in [-0.2, -0.15) is 0 Å². The summed E-state index contributed by atoms with van der Waals surface area (Å²) in [5.41, 5.74) is 2.95. The summed E-state index contributed by atoms with van der Waals surface area (Å²) < 4.78 is 20.0. The van der Waals surface area contributed by atoms with Crippen LogP contribution in [0, 0.1) is 12.7 Å². The molecule has 1 aliphatic heterocycles. The number of ether oxygens (including phenoxy) is 1. The van der Waals surface area contributed by atoms with Crippen LogP contribution in [0.25, 0.3) is 5.76 Å². The van der Waals surface area contributed by atoms with Gasteiger partial charge in [0.2, 0.25) is 0 Å². The van der Waals surface area contributed by atoms with Gasteiger partial charge in [-0.05, 0) is 60.0 Å². The predicted octanol–water partition coefficient (Wildman–Crippen LogP) is 6.34. The predicted molar refractivity (Wildman–Crippen MR) is 140 cm³/mol. The lowest BCUT2D eigenvalue weighted by Crippen LogP contribution is -2.29. The largest absolute Gasteiger partial charge is 0.507 e. The van der Waals surface area contributed by atoms with E-state index in [2.05, 4.69) is 0 Å². The topological polar surface area (TPSA) is 66.8 Å². The van der Waals surface area contributed by atoms with Crippen molar-refractivity contribution in [2.75, 3.05) is 4.90 Å². The molecule has 0 aromatic heterocycles. The third-order valence-corrected chi connectivity index (χ3v) is 6.33. The summed E-state index contributed by atoms with van der Waals surface area (Å²) in [5.74, 6) is -1.87. The first-order valence-electron chi connectivity index (χ1n) is 11.8. The quantitative estimate of drug-likeness (QED) is 0.193. The third-order valence-electron chi connectivity index (χ3n) is 6.33. The highest BCUT2D eigenvalue weighted by Crippen LogP contribution is 2.42. The number of aliphatic hydroxyl groups excluding tert-OH is 1. The van der Waals surface area contributed by atoms with Crippen LogP contribution in [0.2, 0.25) is 0 Å². The number of amides is 1. The summed E-state index contributed by atoms with van der Waals surface area (Å²) in [6.07, 6.45) is 0.